The number of amides is 1. The summed E-state index contributed by atoms with van der Waals surface area (Å²) in [5, 5.41) is 2.67. The Morgan fingerprint density at radius 3 is 2.64 bits per heavy atom. The number of nitrogen functional groups attached to an aromatic ring is 1. The molecule has 14 heavy (non-hydrogen) atoms. The van der Waals surface area contributed by atoms with Crippen LogP contribution in [0.3, 0.4) is 0 Å². The Bertz CT molecular complexity index is 390. The highest BCUT2D eigenvalue weighted by molar-refractivity contribution is 7.82. The molecule has 0 spiro atoms. The number of hydrogen-bond donors (Lipinski definition) is 3. The first-order chi connectivity index (χ1) is 6.50. The molecule has 0 unspecified atom stereocenters. The van der Waals surface area contributed by atoms with E-state index in [1.54, 1.807) is 12.1 Å². The van der Waals surface area contributed by atoms with Crippen LogP contribution in [0.1, 0.15) is 5.56 Å². The summed E-state index contributed by atoms with van der Waals surface area (Å²) in [6, 6.07) is 5.40. The molecule has 0 aromatic heterocycles. The molecule has 0 saturated heterocycles. The summed E-state index contributed by atoms with van der Waals surface area (Å²) < 4.78 is 0. The number of benzene rings is 1. The summed E-state index contributed by atoms with van der Waals surface area (Å²) in [6.07, 6.45) is 0. The fourth-order valence-electron chi connectivity index (χ4n) is 0.980. The topological polar surface area (TPSA) is 81.1 Å². The number of nitrogens with one attached hydrogen (secondary N) is 1. The zero-order chi connectivity index (χ0) is 10.7. The lowest BCUT2D eigenvalue weighted by molar-refractivity contribution is -0.111. The Balaban J connectivity index is 2.87. The third-order valence-electron chi connectivity index (χ3n) is 1.68. The number of hydrogen-bond acceptors (Lipinski definition) is 3. The summed E-state index contributed by atoms with van der Waals surface area (Å²) in [5.41, 5.74) is 12.8. The minimum absolute atomic E-state index is 0.0412. The maximum absolute atomic E-state index is 10.7. The molecule has 0 aliphatic carbocycles. The fraction of sp³-hybridized carbons (Fsp3) is 0.111. The van der Waals surface area contributed by atoms with E-state index in [4.69, 9.17) is 23.7 Å². The smallest absolute Gasteiger partial charge is 0.276 e. The third kappa shape index (κ3) is 2.43. The van der Waals surface area contributed by atoms with E-state index in [2.05, 4.69) is 5.32 Å². The van der Waals surface area contributed by atoms with Crippen LogP contribution in [0.2, 0.25) is 0 Å². The van der Waals surface area contributed by atoms with E-state index in [0.29, 0.717) is 11.4 Å². The van der Waals surface area contributed by atoms with Crippen LogP contribution in [0.15, 0.2) is 18.2 Å². The Labute approximate surface area is 87.3 Å². The van der Waals surface area contributed by atoms with Crippen molar-refractivity contribution in [2.75, 3.05) is 11.1 Å². The lowest BCUT2D eigenvalue weighted by Gasteiger charge is -2.08. The van der Waals surface area contributed by atoms with Crippen molar-refractivity contribution in [2.24, 2.45) is 5.73 Å². The molecule has 0 radical (unpaired) electrons. The van der Waals surface area contributed by atoms with Gasteiger partial charge in [0.25, 0.3) is 5.91 Å². The van der Waals surface area contributed by atoms with Gasteiger partial charge in [-0.2, -0.15) is 0 Å². The number of thiocarbonyl (C=S) groups is 1. The van der Waals surface area contributed by atoms with E-state index in [1.165, 1.54) is 0 Å². The van der Waals surface area contributed by atoms with Gasteiger partial charge in [0, 0.05) is 0 Å². The highest BCUT2D eigenvalue weighted by Crippen LogP contribution is 2.19. The summed E-state index contributed by atoms with van der Waals surface area (Å²) >= 11 is 4.71. The molecule has 0 atom stereocenters. The fourth-order valence-corrected chi connectivity index (χ4v) is 1.09. The highest BCUT2D eigenvalue weighted by atomic mass is 32.1. The summed E-state index contributed by atoms with van der Waals surface area (Å²) in [4.78, 5) is 10.6. The largest absolute Gasteiger partial charge is 0.397 e. The number of anilines is 2. The third-order valence-corrected chi connectivity index (χ3v) is 1.98. The Hall–Kier alpha value is -1.62. The van der Waals surface area contributed by atoms with Crippen molar-refractivity contribution in [1.29, 1.82) is 0 Å². The summed E-state index contributed by atoms with van der Waals surface area (Å²) in [7, 11) is 0. The summed E-state index contributed by atoms with van der Waals surface area (Å²) in [5.74, 6) is -0.667. The van der Waals surface area contributed by atoms with Gasteiger partial charge in [-0.15, -0.1) is 0 Å². The molecule has 0 bridgehead atoms. The molecule has 0 aliphatic heterocycles. The molecular formula is C9H11N3OS. The second-order valence-electron chi connectivity index (χ2n) is 2.91. The molecular weight excluding hydrogens is 198 g/mol. The van der Waals surface area contributed by atoms with Gasteiger partial charge < -0.3 is 16.8 Å². The standard InChI is InChI=1S/C9H11N3OS/c1-5-2-3-7(6(10)4-5)12-9(14)8(11)13/h2-4H,10H2,1H3,(H2,11,13)(H,12,14). The van der Waals surface area contributed by atoms with Crippen LogP contribution in [-0.4, -0.2) is 10.9 Å². The van der Waals surface area contributed by atoms with Gasteiger partial charge >= 0.3 is 0 Å². The molecule has 1 aromatic rings. The van der Waals surface area contributed by atoms with Crippen LogP contribution >= 0.6 is 12.2 Å². The molecule has 5 N–H and O–H groups in total. The molecule has 0 saturated carbocycles. The lowest BCUT2D eigenvalue weighted by Crippen LogP contribution is -2.28. The molecule has 74 valence electrons. The van der Waals surface area contributed by atoms with E-state index in [1.807, 2.05) is 13.0 Å². The van der Waals surface area contributed by atoms with Gasteiger partial charge in [0.15, 0.2) is 4.99 Å². The number of rotatable bonds is 1. The predicted octanol–water partition coefficient (Wildman–Crippen LogP) is 0.802. The van der Waals surface area contributed by atoms with Gasteiger partial charge in [-0.1, -0.05) is 18.3 Å². The van der Waals surface area contributed by atoms with Gasteiger partial charge in [-0.05, 0) is 24.6 Å². The molecule has 0 heterocycles. The molecule has 1 amide bonds. The van der Waals surface area contributed by atoms with Crippen LogP contribution in [0.25, 0.3) is 0 Å². The first kappa shape index (κ1) is 10.5. The number of carbonyl (C=O) groups excluding carboxylic acids is 1. The molecule has 1 rings (SSSR count). The van der Waals surface area contributed by atoms with Crippen LogP contribution < -0.4 is 16.8 Å². The molecule has 4 nitrogen and oxygen atoms in total. The number of nitrogens with two attached hydrogens (primary N) is 2. The van der Waals surface area contributed by atoms with Gasteiger partial charge in [0.05, 0.1) is 11.4 Å². The highest BCUT2D eigenvalue weighted by Gasteiger charge is 2.05. The van der Waals surface area contributed by atoms with Gasteiger partial charge in [-0.3, -0.25) is 4.79 Å². The van der Waals surface area contributed by atoms with E-state index in [-0.39, 0.29) is 4.99 Å². The second kappa shape index (κ2) is 4.06. The average molecular weight is 209 g/mol. The minimum atomic E-state index is -0.667. The SMILES string of the molecule is Cc1ccc(NC(=S)C(N)=O)c(N)c1. The number of primary amides is 1. The van der Waals surface area contributed by atoms with Crippen LogP contribution in [0, 0.1) is 6.92 Å². The van der Waals surface area contributed by atoms with Gasteiger partial charge in [0.1, 0.15) is 0 Å². The van der Waals surface area contributed by atoms with E-state index >= 15 is 0 Å². The van der Waals surface area contributed by atoms with Crippen molar-refractivity contribution in [3.63, 3.8) is 0 Å². The predicted molar refractivity (Wildman–Crippen MR) is 61.0 cm³/mol. The zero-order valence-electron chi connectivity index (χ0n) is 7.70. The van der Waals surface area contributed by atoms with Crippen LogP contribution in [-0.2, 0) is 4.79 Å². The van der Waals surface area contributed by atoms with E-state index in [9.17, 15) is 4.79 Å². The first-order valence-electron chi connectivity index (χ1n) is 3.97. The van der Waals surface area contributed by atoms with Crippen LogP contribution in [0.4, 0.5) is 11.4 Å². The first-order valence-corrected chi connectivity index (χ1v) is 4.38. The Morgan fingerprint density at radius 1 is 1.50 bits per heavy atom. The Morgan fingerprint density at radius 2 is 2.14 bits per heavy atom. The number of aryl methyl sites for hydroxylation is 1. The summed E-state index contributed by atoms with van der Waals surface area (Å²) in [6.45, 7) is 1.92. The Kier molecular flexibility index (Phi) is 3.03. The lowest BCUT2D eigenvalue weighted by atomic mass is 10.2. The molecule has 0 fully saturated rings. The van der Waals surface area contributed by atoms with Crippen molar-refractivity contribution >= 4 is 34.5 Å². The van der Waals surface area contributed by atoms with Crippen molar-refractivity contribution < 1.29 is 4.79 Å². The van der Waals surface area contributed by atoms with E-state index < -0.39 is 5.91 Å². The average Bonchev–Trinajstić information content (AvgIpc) is 2.09. The van der Waals surface area contributed by atoms with Crippen LogP contribution in [0.5, 0.6) is 0 Å². The minimum Gasteiger partial charge on any atom is -0.397 e. The number of carbonyl (C=O) groups is 1. The molecule has 5 heteroatoms. The molecule has 0 aliphatic rings. The quantitative estimate of drug-likeness (QED) is 0.472. The van der Waals surface area contributed by atoms with Crippen molar-refractivity contribution in [1.82, 2.24) is 0 Å². The van der Waals surface area contributed by atoms with Crippen molar-refractivity contribution in [3.8, 4) is 0 Å². The van der Waals surface area contributed by atoms with E-state index in [0.717, 1.165) is 5.56 Å². The van der Waals surface area contributed by atoms with Crippen molar-refractivity contribution in [2.45, 2.75) is 6.92 Å². The molecule has 1 aromatic carbocycles. The monoisotopic (exact) mass is 209 g/mol. The zero-order valence-corrected chi connectivity index (χ0v) is 8.52. The van der Waals surface area contributed by atoms with Gasteiger partial charge in [0.2, 0.25) is 0 Å². The maximum Gasteiger partial charge on any atom is 0.276 e. The van der Waals surface area contributed by atoms with Gasteiger partial charge in [-0.25, -0.2) is 0 Å². The normalized spacial score (nSPS) is 9.50. The maximum atomic E-state index is 10.7. The second-order valence-corrected chi connectivity index (χ2v) is 3.32. The van der Waals surface area contributed by atoms with Crippen molar-refractivity contribution in [3.05, 3.63) is 23.8 Å².